The van der Waals surface area contributed by atoms with Gasteiger partial charge in [-0.25, -0.2) is 0 Å². The van der Waals surface area contributed by atoms with Gasteiger partial charge in [-0.3, -0.25) is 0 Å². The summed E-state index contributed by atoms with van der Waals surface area (Å²) in [6.07, 6.45) is 0. The molecule has 1 fully saturated rings. The molecule has 0 aromatic carbocycles. The van der Waals surface area contributed by atoms with Crippen LogP contribution in [0.1, 0.15) is 0 Å². The average molecular weight is 293 g/mol. The molecule has 4 N–H and O–H groups in total. The molecule has 1 aliphatic rings. The summed E-state index contributed by atoms with van der Waals surface area (Å²) in [7, 11) is 0. The number of nitrogens with two attached hydrogens (primary N) is 1. The van der Waals surface area contributed by atoms with Gasteiger partial charge in [-0.05, 0) is 0 Å². The molecule has 1 rings (SSSR count). The van der Waals surface area contributed by atoms with Crippen LogP contribution in [0.25, 0.3) is 0 Å². The summed E-state index contributed by atoms with van der Waals surface area (Å²) in [5.41, 5.74) is 5.39. The van der Waals surface area contributed by atoms with Gasteiger partial charge in [0, 0.05) is 0 Å². The van der Waals surface area contributed by atoms with Crippen molar-refractivity contribution < 1.29 is 14.1 Å². The van der Waals surface area contributed by atoms with Crippen LogP contribution in [-0.2, 0) is 4.79 Å². The van der Waals surface area contributed by atoms with Gasteiger partial charge < -0.3 is 0 Å². The summed E-state index contributed by atoms with van der Waals surface area (Å²) in [5, 5.41) is 8.52. The number of carboxylic acids is 1. The molecule has 2 unspecified atom stereocenters. The van der Waals surface area contributed by atoms with Crippen molar-refractivity contribution in [2.24, 2.45) is 5.73 Å². The van der Waals surface area contributed by atoms with Crippen molar-refractivity contribution in [3.8, 4) is 0 Å². The maximum absolute atomic E-state index is 10.4. The van der Waals surface area contributed by atoms with Crippen LogP contribution in [0.5, 0.6) is 0 Å². The zero-order valence-corrected chi connectivity index (χ0v) is 8.96. The van der Waals surface area contributed by atoms with Gasteiger partial charge in [0.2, 0.25) is 0 Å². The minimum absolute atomic E-state index is 0.274. The van der Waals surface area contributed by atoms with E-state index in [0.29, 0.717) is 0 Å². The van der Waals surface area contributed by atoms with E-state index in [0.717, 1.165) is 0 Å². The second-order valence-corrected chi connectivity index (χ2v) is 9.89. The Morgan fingerprint density at radius 1 is 1.80 bits per heavy atom. The summed E-state index contributed by atoms with van der Waals surface area (Å²) < 4.78 is 6.70. The molecule has 58 valence electrons. The van der Waals surface area contributed by atoms with Crippen LogP contribution in [0.2, 0.25) is 0 Å². The Morgan fingerprint density at radius 2 is 2.30 bits per heavy atom. The predicted octanol–water partition coefficient (Wildman–Crippen LogP) is -2.36. The number of carbonyl (C=O) groups is 1. The van der Waals surface area contributed by atoms with Gasteiger partial charge in [0.05, 0.1) is 0 Å². The number of aliphatic carboxylic acids is 1. The normalized spacial score (nSPS) is 45.1. The predicted molar refractivity (Wildman–Crippen MR) is 40.0 cm³/mol. The molecule has 1 aliphatic heterocycles. The van der Waals surface area contributed by atoms with E-state index in [1.165, 1.54) is 0 Å². The number of thiol groups is 1. The number of rotatable bonds is 2. The average Bonchev–Trinajstić information content (AvgIpc) is 2.39. The van der Waals surface area contributed by atoms with Gasteiger partial charge in [0.1, 0.15) is 0 Å². The Kier molecular flexibility index (Phi) is 2.12. The topological polar surface area (TPSA) is 83.6 Å². The third-order valence-electron chi connectivity index (χ3n) is 1.17. The first kappa shape index (κ1) is 8.87. The van der Waals surface area contributed by atoms with E-state index < -0.39 is 28.2 Å². The van der Waals surface area contributed by atoms with Crippen molar-refractivity contribution in [2.75, 3.05) is 0 Å². The molecule has 0 radical (unpaired) electrons. The third kappa shape index (κ3) is 1.02. The Balaban J connectivity index is 2.72. The third-order valence-corrected chi connectivity index (χ3v) is 8.84. The van der Waals surface area contributed by atoms with Gasteiger partial charge in [-0.15, -0.1) is 0 Å². The van der Waals surface area contributed by atoms with Crippen molar-refractivity contribution in [1.29, 1.82) is 0 Å². The Labute approximate surface area is 75.6 Å². The second-order valence-electron chi connectivity index (χ2n) is 1.82. The van der Waals surface area contributed by atoms with Gasteiger partial charge in [0.15, 0.2) is 0 Å². The Hall–Kier alpha value is 0.779. The van der Waals surface area contributed by atoms with E-state index in [1.54, 1.807) is 0 Å². The fourth-order valence-corrected chi connectivity index (χ4v) is 5.27. The van der Waals surface area contributed by atoms with Gasteiger partial charge in [-0.1, -0.05) is 0 Å². The zero-order chi connectivity index (χ0) is 7.99. The molecule has 0 aromatic heterocycles. The van der Waals surface area contributed by atoms with Crippen molar-refractivity contribution in [1.82, 2.24) is 0 Å². The fraction of sp³-hybridized carbons (Fsp3) is 0.667. The molecule has 7 heteroatoms. The number of carboxylic acid groups (broad SMARTS) is 1. The first-order valence-electron chi connectivity index (χ1n) is 2.23. The van der Waals surface area contributed by atoms with E-state index >= 15 is 0 Å². The molecule has 0 bridgehead atoms. The molecule has 0 aromatic rings. The summed E-state index contributed by atoms with van der Waals surface area (Å²) >= 11 is 2.94. The minimum atomic E-state index is -1.22. The molecule has 0 saturated carbocycles. The van der Waals surface area contributed by atoms with Gasteiger partial charge >= 0.3 is 75.6 Å². The van der Waals surface area contributed by atoms with Gasteiger partial charge in [-0.2, -0.15) is 0 Å². The summed E-state index contributed by atoms with van der Waals surface area (Å²) in [5.74, 6) is -1.06. The summed E-state index contributed by atoms with van der Waals surface area (Å²) in [4.78, 5) is 10.4. The first-order valence-corrected chi connectivity index (χ1v) is 6.02. The molecular formula is C3H5NO3SSe2. The molecule has 10 heavy (non-hydrogen) atoms. The van der Waals surface area contributed by atoms with E-state index in [4.69, 9.17) is 15.0 Å². The van der Waals surface area contributed by atoms with E-state index in [1.807, 2.05) is 0 Å². The van der Waals surface area contributed by atoms with Crippen molar-refractivity contribution in [3.05, 3.63) is 0 Å². The van der Waals surface area contributed by atoms with Crippen LogP contribution < -0.4 is 5.73 Å². The van der Waals surface area contributed by atoms with Gasteiger partial charge in [0.25, 0.3) is 0 Å². The van der Waals surface area contributed by atoms with E-state index in [2.05, 4.69) is 12.6 Å². The van der Waals surface area contributed by atoms with Crippen LogP contribution in [0.15, 0.2) is 0 Å². The Bertz CT molecular complexity index is 191. The SMILES string of the molecule is NC1(C(=O)O)[Se]C1(S)[Se]O. The molecule has 4 nitrogen and oxygen atoms in total. The molecule has 2 atom stereocenters. The summed E-state index contributed by atoms with van der Waals surface area (Å²) in [6.45, 7) is 0. The second kappa shape index (κ2) is 2.38. The molecular weight excluding hydrogens is 288 g/mol. The standard InChI is InChI=1S/C3H5NO3SSe2/c4-2(1(5)6)3(8,9-2)10-7/h7-8H,4H2,(H,5,6). The van der Waals surface area contributed by atoms with Crippen molar-refractivity contribution in [3.63, 3.8) is 0 Å². The Morgan fingerprint density at radius 3 is 2.40 bits per heavy atom. The van der Waals surface area contributed by atoms with Crippen LogP contribution in [0.4, 0.5) is 0 Å². The van der Waals surface area contributed by atoms with E-state index in [9.17, 15) is 4.79 Å². The quantitative estimate of drug-likeness (QED) is 0.339. The van der Waals surface area contributed by atoms with Crippen molar-refractivity contribution in [2.45, 2.75) is 6.98 Å². The fourth-order valence-electron chi connectivity index (χ4n) is 0.458. The molecule has 1 saturated heterocycles. The van der Waals surface area contributed by atoms with E-state index in [-0.39, 0.29) is 15.0 Å². The molecule has 0 spiro atoms. The van der Waals surface area contributed by atoms with Crippen LogP contribution >= 0.6 is 12.6 Å². The van der Waals surface area contributed by atoms with Crippen LogP contribution in [0, 0.1) is 0 Å². The zero-order valence-electron chi connectivity index (χ0n) is 4.64. The number of hydrogen-bond donors (Lipinski definition) is 4. The molecule has 0 amide bonds. The molecule has 0 aliphatic carbocycles. The van der Waals surface area contributed by atoms with Crippen molar-refractivity contribution >= 4 is 48.8 Å². The first-order chi connectivity index (χ1) is 4.46. The maximum atomic E-state index is 10.4. The number of hydrogen-bond acceptors (Lipinski definition) is 4. The monoisotopic (exact) mass is 295 g/mol. The van der Waals surface area contributed by atoms with Crippen LogP contribution in [0.3, 0.4) is 0 Å². The molecule has 1 heterocycles. The van der Waals surface area contributed by atoms with Crippen LogP contribution in [-0.4, -0.2) is 52.5 Å². The summed E-state index contributed by atoms with van der Waals surface area (Å²) in [6, 6.07) is 0.